The molecule has 0 saturated carbocycles. The number of rotatable bonds is 4. The molecule has 0 radical (unpaired) electrons. The first-order valence-corrected chi connectivity index (χ1v) is 8.63. The number of ether oxygens (including phenoxy) is 1. The highest BCUT2D eigenvalue weighted by Gasteiger charge is 2.22. The predicted octanol–water partition coefficient (Wildman–Crippen LogP) is 2.81. The normalized spacial score (nSPS) is 11.3. The lowest BCUT2D eigenvalue weighted by Gasteiger charge is -2.13. The summed E-state index contributed by atoms with van der Waals surface area (Å²) in [6.07, 6.45) is 0. The van der Waals surface area contributed by atoms with Crippen molar-refractivity contribution in [3.63, 3.8) is 0 Å². The van der Waals surface area contributed by atoms with E-state index in [1.165, 1.54) is 35.9 Å². The maximum atomic E-state index is 12.5. The molecule has 0 unspecified atom stereocenters. The van der Waals surface area contributed by atoms with Gasteiger partial charge in [0.25, 0.3) is 15.6 Å². The zero-order chi connectivity index (χ0) is 17.4. The molecule has 0 atom stereocenters. The van der Waals surface area contributed by atoms with Gasteiger partial charge >= 0.3 is 0 Å². The van der Waals surface area contributed by atoms with Crippen LogP contribution >= 0.6 is 23.2 Å². The van der Waals surface area contributed by atoms with Crippen LogP contribution in [0.4, 0.5) is 5.69 Å². The number of halogens is 2. The Bertz CT molecular complexity index is 923. The van der Waals surface area contributed by atoms with Crippen LogP contribution in [0, 0.1) is 6.92 Å². The van der Waals surface area contributed by atoms with Gasteiger partial charge in [-0.25, -0.2) is 8.42 Å². The highest BCUT2D eigenvalue weighted by molar-refractivity contribution is 7.92. The molecule has 0 spiro atoms. The van der Waals surface area contributed by atoms with Gasteiger partial charge in [-0.2, -0.15) is 0 Å². The molecule has 9 heteroatoms. The number of sulfonamides is 1. The molecule has 2 aromatic rings. The van der Waals surface area contributed by atoms with E-state index < -0.39 is 10.0 Å². The SMILES string of the molecule is COc1ccc(S(=O)(=O)Nc2cc(C)n(C)c(=O)c2)c(Cl)c1Cl. The smallest absolute Gasteiger partial charge is 0.263 e. The zero-order valence-electron chi connectivity index (χ0n) is 12.6. The van der Waals surface area contributed by atoms with E-state index in [4.69, 9.17) is 27.9 Å². The van der Waals surface area contributed by atoms with Gasteiger partial charge in [-0.3, -0.25) is 9.52 Å². The number of nitrogens with one attached hydrogen (secondary N) is 1. The summed E-state index contributed by atoms with van der Waals surface area (Å²) in [4.78, 5) is 11.5. The van der Waals surface area contributed by atoms with Gasteiger partial charge in [-0.05, 0) is 25.1 Å². The van der Waals surface area contributed by atoms with Crippen molar-refractivity contribution in [1.82, 2.24) is 4.57 Å². The summed E-state index contributed by atoms with van der Waals surface area (Å²) >= 11 is 12.0. The minimum Gasteiger partial charge on any atom is -0.495 e. The van der Waals surface area contributed by atoms with Crippen molar-refractivity contribution in [2.24, 2.45) is 7.05 Å². The Morgan fingerprint density at radius 1 is 1.17 bits per heavy atom. The predicted molar refractivity (Wildman–Crippen MR) is 90.2 cm³/mol. The molecule has 0 aliphatic rings. The Labute approximate surface area is 143 Å². The first-order valence-electron chi connectivity index (χ1n) is 6.40. The van der Waals surface area contributed by atoms with Gasteiger partial charge in [0.2, 0.25) is 0 Å². The van der Waals surface area contributed by atoms with Crippen molar-refractivity contribution in [3.8, 4) is 5.75 Å². The Morgan fingerprint density at radius 2 is 1.83 bits per heavy atom. The Morgan fingerprint density at radius 3 is 2.39 bits per heavy atom. The summed E-state index contributed by atoms with van der Waals surface area (Å²) in [5.74, 6) is 0.264. The van der Waals surface area contributed by atoms with E-state index in [0.29, 0.717) is 5.69 Å². The summed E-state index contributed by atoms with van der Waals surface area (Å²) in [5.41, 5.74) is 0.421. The largest absolute Gasteiger partial charge is 0.495 e. The fourth-order valence-corrected chi connectivity index (χ4v) is 3.80. The molecular formula is C14H14Cl2N2O4S. The van der Waals surface area contributed by atoms with Crippen LogP contribution in [0.1, 0.15) is 5.69 Å². The van der Waals surface area contributed by atoms with Gasteiger partial charge in [0.15, 0.2) is 0 Å². The zero-order valence-corrected chi connectivity index (χ0v) is 14.9. The van der Waals surface area contributed by atoms with Crippen molar-refractivity contribution in [1.29, 1.82) is 0 Å². The first-order chi connectivity index (χ1) is 10.7. The third-order valence-electron chi connectivity index (χ3n) is 3.28. The average molecular weight is 377 g/mol. The molecule has 0 aliphatic heterocycles. The number of hydrogen-bond acceptors (Lipinski definition) is 4. The topological polar surface area (TPSA) is 77.4 Å². The molecule has 1 N–H and O–H groups in total. The van der Waals surface area contributed by atoms with Crippen LogP contribution in [0.2, 0.25) is 10.0 Å². The Hall–Kier alpha value is -1.70. The molecule has 1 aromatic heterocycles. The number of methoxy groups -OCH3 is 1. The highest BCUT2D eigenvalue weighted by Crippen LogP contribution is 2.37. The van der Waals surface area contributed by atoms with Gasteiger partial charge in [0.05, 0.1) is 17.8 Å². The minimum absolute atomic E-state index is 0.00259. The Kier molecular flexibility index (Phi) is 4.93. The summed E-state index contributed by atoms with van der Waals surface area (Å²) < 4.78 is 33.7. The molecule has 0 aliphatic carbocycles. The molecule has 1 aromatic carbocycles. The van der Waals surface area contributed by atoms with Gasteiger partial charge in [-0.15, -0.1) is 0 Å². The lowest BCUT2D eigenvalue weighted by molar-refractivity contribution is 0.414. The molecule has 6 nitrogen and oxygen atoms in total. The maximum absolute atomic E-state index is 12.5. The van der Waals surface area contributed by atoms with E-state index in [2.05, 4.69) is 4.72 Å². The molecule has 1 heterocycles. The molecule has 0 fully saturated rings. The van der Waals surface area contributed by atoms with E-state index >= 15 is 0 Å². The van der Waals surface area contributed by atoms with Crippen molar-refractivity contribution < 1.29 is 13.2 Å². The van der Waals surface area contributed by atoms with E-state index in [9.17, 15) is 13.2 Å². The number of pyridine rings is 1. The van der Waals surface area contributed by atoms with Crippen LogP contribution in [-0.2, 0) is 17.1 Å². The molecule has 0 bridgehead atoms. The standard InChI is InChI=1S/C14H14Cl2N2O4S/c1-8-6-9(7-12(19)18(8)2)17-23(20,21)11-5-4-10(22-3)13(15)14(11)16/h4-7,17H,1-3H3. The van der Waals surface area contributed by atoms with E-state index in [1.807, 2.05) is 0 Å². The second-order valence-electron chi connectivity index (χ2n) is 4.78. The van der Waals surface area contributed by atoms with Crippen molar-refractivity contribution in [2.45, 2.75) is 11.8 Å². The second-order valence-corrected chi connectivity index (χ2v) is 7.19. The summed E-state index contributed by atoms with van der Waals surface area (Å²) in [7, 11) is -1.02. The van der Waals surface area contributed by atoms with Crippen LogP contribution in [0.15, 0.2) is 34.0 Å². The first kappa shape index (κ1) is 17.7. The summed E-state index contributed by atoms with van der Waals surface area (Å²) in [6.45, 7) is 1.69. The lowest BCUT2D eigenvalue weighted by Crippen LogP contribution is -2.21. The van der Waals surface area contributed by atoms with E-state index in [-0.39, 0.29) is 31.9 Å². The van der Waals surface area contributed by atoms with Gasteiger partial charge in [-0.1, -0.05) is 23.2 Å². The maximum Gasteiger partial charge on any atom is 0.263 e. The Balaban J connectivity index is 2.48. The van der Waals surface area contributed by atoms with E-state index in [1.54, 1.807) is 14.0 Å². The summed E-state index contributed by atoms with van der Waals surface area (Å²) in [6, 6.07) is 5.41. The van der Waals surface area contributed by atoms with E-state index in [0.717, 1.165) is 0 Å². The van der Waals surface area contributed by atoms with Crippen LogP contribution in [0.5, 0.6) is 5.75 Å². The van der Waals surface area contributed by atoms with Crippen molar-refractivity contribution >= 4 is 38.9 Å². The van der Waals surface area contributed by atoms with Gasteiger partial charge in [0, 0.05) is 18.8 Å². The third-order valence-corrected chi connectivity index (χ3v) is 5.68. The van der Waals surface area contributed by atoms with Crippen LogP contribution in [-0.4, -0.2) is 20.1 Å². The number of hydrogen-bond donors (Lipinski definition) is 1. The van der Waals surface area contributed by atoms with Crippen molar-refractivity contribution in [2.75, 3.05) is 11.8 Å². The highest BCUT2D eigenvalue weighted by atomic mass is 35.5. The second kappa shape index (κ2) is 6.43. The monoisotopic (exact) mass is 376 g/mol. The third kappa shape index (κ3) is 3.46. The molecule has 2 rings (SSSR count). The number of anilines is 1. The van der Waals surface area contributed by atoms with Crippen LogP contribution in [0.3, 0.4) is 0 Å². The number of nitrogens with zero attached hydrogens (tertiary/aromatic N) is 1. The van der Waals surface area contributed by atoms with Gasteiger partial charge < -0.3 is 9.30 Å². The molecule has 0 saturated heterocycles. The molecular weight excluding hydrogens is 363 g/mol. The quantitative estimate of drug-likeness (QED) is 0.889. The van der Waals surface area contributed by atoms with Crippen molar-refractivity contribution in [3.05, 3.63) is 50.4 Å². The number of benzene rings is 1. The van der Waals surface area contributed by atoms with Gasteiger partial charge in [0.1, 0.15) is 15.7 Å². The number of aromatic nitrogens is 1. The lowest BCUT2D eigenvalue weighted by atomic mass is 10.3. The average Bonchev–Trinajstić information content (AvgIpc) is 2.46. The molecule has 124 valence electrons. The summed E-state index contributed by atoms with van der Waals surface area (Å²) in [5, 5.41) is -0.156. The fourth-order valence-electron chi connectivity index (χ4n) is 1.92. The number of aryl methyl sites for hydroxylation is 1. The van der Waals surface area contributed by atoms with Crippen LogP contribution < -0.4 is 15.0 Å². The van der Waals surface area contributed by atoms with Crippen LogP contribution in [0.25, 0.3) is 0 Å². The molecule has 23 heavy (non-hydrogen) atoms. The fraction of sp³-hybridized carbons (Fsp3) is 0.214. The minimum atomic E-state index is -4.01. The molecule has 0 amide bonds.